The molecule has 0 amide bonds. The monoisotopic (exact) mass is 372 g/mol. The first-order chi connectivity index (χ1) is 12.4. The minimum Gasteiger partial charge on any atom is -0.466 e. The third-order valence-corrected chi connectivity index (χ3v) is 3.82. The third kappa shape index (κ3) is 13.7. The number of rotatable bonds is 15. The average molecular weight is 373 g/mol. The van der Waals surface area contributed by atoms with E-state index in [9.17, 15) is 14.4 Å². The van der Waals surface area contributed by atoms with E-state index in [4.69, 9.17) is 14.2 Å². The second kappa shape index (κ2) is 15.6. The van der Waals surface area contributed by atoms with Gasteiger partial charge in [-0.05, 0) is 51.9 Å². The molecule has 0 saturated heterocycles. The van der Waals surface area contributed by atoms with Crippen molar-refractivity contribution in [1.82, 2.24) is 0 Å². The zero-order valence-corrected chi connectivity index (χ0v) is 16.9. The minimum atomic E-state index is -0.244. The van der Waals surface area contributed by atoms with E-state index < -0.39 is 0 Å². The molecule has 0 aliphatic carbocycles. The van der Waals surface area contributed by atoms with E-state index >= 15 is 0 Å². The molecule has 0 N–H and O–H groups in total. The molecule has 0 radical (unpaired) electrons. The fraction of sp³-hybridized carbons (Fsp3) is 0.850. The number of ether oxygens (including phenoxy) is 3. The van der Waals surface area contributed by atoms with E-state index in [0.29, 0.717) is 51.6 Å². The molecular weight excluding hydrogens is 336 g/mol. The lowest BCUT2D eigenvalue weighted by atomic mass is 10.1. The standard InChI is InChI=1S/C20H36O6/c1-5-9-18(21)24-15-8-12-17(26-20(23)11-7-3)14-13-16(4)25-19(22)10-6-2/h16-17H,5-15H2,1-4H3/t16-,17-/m0/s1. The third-order valence-electron chi connectivity index (χ3n) is 3.82. The minimum absolute atomic E-state index is 0.191. The van der Waals surface area contributed by atoms with Gasteiger partial charge in [-0.1, -0.05) is 20.8 Å². The molecule has 0 saturated carbocycles. The van der Waals surface area contributed by atoms with E-state index in [-0.39, 0.29) is 30.1 Å². The van der Waals surface area contributed by atoms with Crippen molar-refractivity contribution in [3.05, 3.63) is 0 Å². The van der Waals surface area contributed by atoms with Gasteiger partial charge in [0.1, 0.15) is 6.10 Å². The largest absolute Gasteiger partial charge is 0.466 e. The van der Waals surface area contributed by atoms with Crippen LogP contribution in [0.2, 0.25) is 0 Å². The molecule has 6 nitrogen and oxygen atoms in total. The van der Waals surface area contributed by atoms with Crippen LogP contribution >= 0.6 is 0 Å². The van der Waals surface area contributed by atoms with Gasteiger partial charge in [-0.15, -0.1) is 0 Å². The zero-order valence-electron chi connectivity index (χ0n) is 16.9. The summed E-state index contributed by atoms with van der Waals surface area (Å²) < 4.78 is 16.0. The summed E-state index contributed by atoms with van der Waals surface area (Å²) in [4.78, 5) is 34.7. The highest BCUT2D eigenvalue weighted by atomic mass is 16.6. The van der Waals surface area contributed by atoms with Gasteiger partial charge in [-0.3, -0.25) is 14.4 Å². The van der Waals surface area contributed by atoms with Gasteiger partial charge in [0.2, 0.25) is 0 Å². The van der Waals surface area contributed by atoms with Crippen molar-refractivity contribution in [3.8, 4) is 0 Å². The zero-order chi connectivity index (χ0) is 19.8. The Balaban J connectivity index is 4.30. The molecule has 0 aliphatic heterocycles. The molecule has 0 rings (SSSR count). The van der Waals surface area contributed by atoms with Crippen LogP contribution in [-0.2, 0) is 28.6 Å². The summed E-state index contributed by atoms with van der Waals surface area (Å²) in [5.41, 5.74) is 0. The van der Waals surface area contributed by atoms with Crippen molar-refractivity contribution in [2.75, 3.05) is 6.61 Å². The predicted octanol–water partition coefficient (Wildman–Crippen LogP) is 4.33. The topological polar surface area (TPSA) is 78.9 Å². The average Bonchev–Trinajstić information content (AvgIpc) is 2.57. The fourth-order valence-corrected chi connectivity index (χ4v) is 2.45. The Kier molecular flexibility index (Phi) is 14.7. The van der Waals surface area contributed by atoms with Crippen LogP contribution in [0.3, 0.4) is 0 Å². The molecule has 0 bridgehead atoms. The molecule has 2 atom stereocenters. The Hall–Kier alpha value is -1.59. The highest BCUT2D eigenvalue weighted by Gasteiger charge is 2.17. The molecule has 0 fully saturated rings. The lowest BCUT2D eigenvalue weighted by Crippen LogP contribution is -2.22. The maximum absolute atomic E-state index is 11.8. The quantitative estimate of drug-likeness (QED) is 0.242. The Morgan fingerprint density at radius 1 is 0.731 bits per heavy atom. The van der Waals surface area contributed by atoms with Crippen molar-refractivity contribution in [1.29, 1.82) is 0 Å². The van der Waals surface area contributed by atoms with Crippen LogP contribution < -0.4 is 0 Å². The molecule has 26 heavy (non-hydrogen) atoms. The van der Waals surface area contributed by atoms with Crippen molar-refractivity contribution in [2.24, 2.45) is 0 Å². The molecule has 152 valence electrons. The highest BCUT2D eigenvalue weighted by Crippen LogP contribution is 2.15. The first kappa shape index (κ1) is 24.4. The number of esters is 3. The van der Waals surface area contributed by atoms with Gasteiger partial charge in [0.25, 0.3) is 0 Å². The Bertz CT molecular complexity index is 407. The molecule has 0 aromatic carbocycles. The Labute approximate surface area is 157 Å². The molecule has 0 unspecified atom stereocenters. The van der Waals surface area contributed by atoms with E-state index in [0.717, 1.165) is 19.3 Å². The van der Waals surface area contributed by atoms with E-state index in [1.54, 1.807) is 0 Å². The van der Waals surface area contributed by atoms with E-state index in [1.807, 2.05) is 27.7 Å². The maximum atomic E-state index is 11.8. The SMILES string of the molecule is CCCC(=O)OCCC[C@@H](CC[C@H](C)OC(=O)CCC)OC(=O)CCC. The molecule has 0 spiro atoms. The first-order valence-electron chi connectivity index (χ1n) is 9.97. The Morgan fingerprint density at radius 3 is 1.85 bits per heavy atom. The summed E-state index contributed by atoms with van der Waals surface area (Å²) in [6.07, 6.45) is 5.59. The molecule has 0 aliphatic rings. The van der Waals surface area contributed by atoms with Crippen molar-refractivity contribution in [3.63, 3.8) is 0 Å². The highest BCUT2D eigenvalue weighted by molar-refractivity contribution is 5.70. The number of carbonyl (C=O) groups excluding carboxylic acids is 3. The lowest BCUT2D eigenvalue weighted by molar-refractivity contribution is -0.153. The second-order valence-electron chi connectivity index (χ2n) is 6.60. The van der Waals surface area contributed by atoms with Crippen LogP contribution in [0.15, 0.2) is 0 Å². The van der Waals surface area contributed by atoms with Crippen LogP contribution in [-0.4, -0.2) is 36.7 Å². The normalized spacial score (nSPS) is 12.9. The fourth-order valence-electron chi connectivity index (χ4n) is 2.45. The molecule has 6 heteroatoms. The molecular formula is C20H36O6. The van der Waals surface area contributed by atoms with Gasteiger partial charge in [-0.25, -0.2) is 0 Å². The van der Waals surface area contributed by atoms with Crippen LogP contribution in [0.4, 0.5) is 0 Å². The van der Waals surface area contributed by atoms with Crippen LogP contribution in [0.25, 0.3) is 0 Å². The summed E-state index contributed by atoms with van der Waals surface area (Å²) in [5.74, 6) is -0.595. The summed E-state index contributed by atoms with van der Waals surface area (Å²) in [6.45, 7) is 7.98. The second-order valence-corrected chi connectivity index (χ2v) is 6.60. The van der Waals surface area contributed by atoms with Gasteiger partial charge in [0.15, 0.2) is 0 Å². The van der Waals surface area contributed by atoms with Crippen molar-refractivity contribution >= 4 is 17.9 Å². The Morgan fingerprint density at radius 2 is 1.27 bits per heavy atom. The van der Waals surface area contributed by atoms with Crippen LogP contribution in [0, 0.1) is 0 Å². The van der Waals surface area contributed by atoms with Gasteiger partial charge in [0, 0.05) is 19.3 Å². The number of hydrogen-bond acceptors (Lipinski definition) is 6. The maximum Gasteiger partial charge on any atom is 0.306 e. The van der Waals surface area contributed by atoms with Gasteiger partial charge in [-0.2, -0.15) is 0 Å². The van der Waals surface area contributed by atoms with Gasteiger partial charge >= 0.3 is 17.9 Å². The summed E-state index contributed by atoms with van der Waals surface area (Å²) in [6, 6.07) is 0. The number of hydrogen-bond donors (Lipinski definition) is 0. The van der Waals surface area contributed by atoms with Crippen LogP contribution in [0.5, 0.6) is 0 Å². The lowest BCUT2D eigenvalue weighted by Gasteiger charge is -2.20. The molecule has 0 aromatic rings. The smallest absolute Gasteiger partial charge is 0.306 e. The van der Waals surface area contributed by atoms with E-state index in [1.165, 1.54) is 0 Å². The molecule has 0 aromatic heterocycles. The van der Waals surface area contributed by atoms with E-state index in [2.05, 4.69) is 0 Å². The predicted molar refractivity (Wildman–Crippen MR) is 99.6 cm³/mol. The van der Waals surface area contributed by atoms with Gasteiger partial charge < -0.3 is 14.2 Å². The summed E-state index contributed by atoms with van der Waals surface area (Å²) in [7, 11) is 0. The van der Waals surface area contributed by atoms with Crippen LogP contribution in [0.1, 0.15) is 91.9 Å². The number of carbonyl (C=O) groups is 3. The molecule has 0 heterocycles. The first-order valence-corrected chi connectivity index (χ1v) is 9.97. The van der Waals surface area contributed by atoms with Gasteiger partial charge in [0.05, 0.1) is 12.7 Å². The van der Waals surface area contributed by atoms with Crippen molar-refractivity contribution in [2.45, 2.75) is 104 Å². The summed E-state index contributed by atoms with van der Waals surface area (Å²) in [5, 5.41) is 0. The van der Waals surface area contributed by atoms with Crippen molar-refractivity contribution < 1.29 is 28.6 Å². The summed E-state index contributed by atoms with van der Waals surface area (Å²) >= 11 is 0.